The van der Waals surface area contributed by atoms with Crippen molar-refractivity contribution in [2.45, 2.75) is 45.1 Å². The zero-order chi connectivity index (χ0) is 13.2. The van der Waals surface area contributed by atoms with Gasteiger partial charge in [-0.1, -0.05) is 31.4 Å². The van der Waals surface area contributed by atoms with E-state index in [9.17, 15) is 9.50 Å². The fourth-order valence-electron chi connectivity index (χ4n) is 3.04. The highest BCUT2D eigenvalue weighted by Crippen LogP contribution is 2.45. The predicted molar refractivity (Wildman–Crippen MR) is 70.7 cm³/mol. The first-order valence-electron chi connectivity index (χ1n) is 6.73. The molecule has 0 bridgehead atoms. The maximum atomic E-state index is 13.3. The van der Waals surface area contributed by atoms with Crippen molar-refractivity contribution >= 4 is 0 Å². The number of aryl methyl sites for hydroxylation is 1. The largest absolute Gasteiger partial charge is 0.388 e. The van der Waals surface area contributed by atoms with Crippen LogP contribution in [0.15, 0.2) is 18.2 Å². The molecule has 1 aromatic carbocycles. The average molecular weight is 251 g/mol. The molecule has 2 nitrogen and oxygen atoms in total. The molecule has 1 aliphatic rings. The Hall–Kier alpha value is -0.930. The molecule has 1 unspecified atom stereocenters. The number of hydrogen-bond acceptors (Lipinski definition) is 2. The lowest BCUT2D eigenvalue weighted by molar-refractivity contribution is 0.000624. The normalized spacial score (nSPS) is 20.7. The highest BCUT2D eigenvalue weighted by molar-refractivity contribution is 5.27. The Morgan fingerprint density at radius 2 is 2.00 bits per heavy atom. The van der Waals surface area contributed by atoms with Gasteiger partial charge in [0.25, 0.3) is 0 Å². The van der Waals surface area contributed by atoms with E-state index < -0.39 is 6.10 Å². The summed E-state index contributed by atoms with van der Waals surface area (Å²) >= 11 is 0. The van der Waals surface area contributed by atoms with Crippen LogP contribution in [-0.2, 0) is 0 Å². The summed E-state index contributed by atoms with van der Waals surface area (Å²) in [6.45, 7) is 2.21. The second-order valence-corrected chi connectivity index (χ2v) is 5.54. The first-order chi connectivity index (χ1) is 8.59. The van der Waals surface area contributed by atoms with Crippen LogP contribution in [0.2, 0.25) is 0 Å². The predicted octanol–water partition coefficient (Wildman–Crippen LogP) is 3.08. The fraction of sp³-hybridized carbons (Fsp3) is 0.600. The van der Waals surface area contributed by atoms with E-state index in [1.165, 1.54) is 12.5 Å². The summed E-state index contributed by atoms with van der Waals surface area (Å²) in [7, 11) is 0. The Balaban J connectivity index is 2.27. The lowest BCUT2D eigenvalue weighted by Crippen LogP contribution is -2.38. The summed E-state index contributed by atoms with van der Waals surface area (Å²) in [6, 6.07) is 4.85. The summed E-state index contributed by atoms with van der Waals surface area (Å²) in [4.78, 5) is 0. The van der Waals surface area contributed by atoms with Crippen molar-refractivity contribution in [3.8, 4) is 0 Å². The van der Waals surface area contributed by atoms with E-state index in [-0.39, 0.29) is 11.2 Å². The molecule has 1 atom stereocenters. The molecular formula is C15H22FNO. The second-order valence-electron chi connectivity index (χ2n) is 5.54. The summed E-state index contributed by atoms with van der Waals surface area (Å²) in [6.07, 6.45) is 4.80. The lowest BCUT2D eigenvalue weighted by atomic mass is 9.68. The Labute approximate surface area is 108 Å². The highest BCUT2D eigenvalue weighted by Gasteiger charge is 2.38. The topological polar surface area (TPSA) is 46.2 Å². The highest BCUT2D eigenvalue weighted by atomic mass is 19.1. The van der Waals surface area contributed by atoms with Crippen LogP contribution in [0.25, 0.3) is 0 Å². The molecule has 1 aliphatic carbocycles. The molecule has 0 aromatic heterocycles. The molecule has 0 saturated heterocycles. The van der Waals surface area contributed by atoms with E-state index in [0.29, 0.717) is 12.1 Å². The van der Waals surface area contributed by atoms with Crippen LogP contribution in [0.1, 0.15) is 49.3 Å². The van der Waals surface area contributed by atoms with Gasteiger partial charge in [0, 0.05) is 12.0 Å². The molecule has 3 heteroatoms. The summed E-state index contributed by atoms with van der Waals surface area (Å²) in [5.41, 5.74) is 7.06. The zero-order valence-corrected chi connectivity index (χ0v) is 11.0. The zero-order valence-electron chi connectivity index (χ0n) is 11.0. The molecule has 0 aliphatic heterocycles. The molecule has 1 saturated carbocycles. The smallest absolute Gasteiger partial charge is 0.126 e. The van der Waals surface area contributed by atoms with Crippen LogP contribution in [0.4, 0.5) is 4.39 Å². The Kier molecular flexibility index (Phi) is 4.03. The molecule has 1 aromatic rings. The van der Waals surface area contributed by atoms with Gasteiger partial charge in [0.15, 0.2) is 0 Å². The molecule has 18 heavy (non-hydrogen) atoms. The maximum Gasteiger partial charge on any atom is 0.126 e. The standard InChI is InChI=1S/C15H22FNO/c1-11-9-12(5-6-13(11)16)14(18)15(10-17)7-3-2-4-8-15/h5-6,9,14,18H,2-4,7-8,10,17H2,1H3. The molecule has 0 heterocycles. The molecule has 0 spiro atoms. The van der Waals surface area contributed by atoms with Crippen molar-refractivity contribution in [2.24, 2.45) is 11.1 Å². The Morgan fingerprint density at radius 3 is 2.56 bits per heavy atom. The number of aliphatic hydroxyl groups is 1. The SMILES string of the molecule is Cc1cc(C(O)C2(CN)CCCCC2)ccc1F. The van der Waals surface area contributed by atoms with E-state index in [2.05, 4.69) is 0 Å². The van der Waals surface area contributed by atoms with Gasteiger partial charge in [-0.05, 0) is 37.0 Å². The van der Waals surface area contributed by atoms with E-state index >= 15 is 0 Å². The van der Waals surface area contributed by atoms with E-state index in [1.54, 1.807) is 19.1 Å². The van der Waals surface area contributed by atoms with Crippen molar-refractivity contribution in [3.05, 3.63) is 35.1 Å². The van der Waals surface area contributed by atoms with Gasteiger partial charge in [-0.3, -0.25) is 0 Å². The summed E-state index contributed by atoms with van der Waals surface area (Å²) < 4.78 is 13.3. The van der Waals surface area contributed by atoms with Crippen molar-refractivity contribution in [1.82, 2.24) is 0 Å². The van der Waals surface area contributed by atoms with Crippen LogP contribution < -0.4 is 5.73 Å². The van der Waals surface area contributed by atoms with Crippen molar-refractivity contribution in [2.75, 3.05) is 6.54 Å². The van der Waals surface area contributed by atoms with Gasteiger partial charge in [0.2, 0.25) is 0 Å². The molecule has 2 rings (SSSR count). The maximum absolute atomic E-state index is 13.3. The monoisotopic (exact) mass is 251 g/mol. The number of halogens is 1. The van der Waals surface area contributed by atoms with Crippen molar-refractivity contribution < 1.29 is 9.50 Å². The quantitative estimate of drug-likeness (QED) is 0.867. The van der Waals surface area contributed by atoms with Crippen LogP contribution >= 0.6 is 0 Å². The molecule has 0 radical (unpaired) electrons. The third-order valence-electron chi connectivity index (χ3n) is 4.33. The van der Waals surface area contributed by atoms with Gasteiger partial charge in [-0.2, -0.15) is 0 Å². The number of benzene rings is 1. The van der Waals surface area contributed by atoms with Crippen LogP contribution in [-0.4, -0.2) is 11.7 Å². The summed E-state index contributed by atoms with van der Waals surface area (Å²) in [5.74, 6) is -0.226. The fourth-order valence-corrected chi connectivity index (χ4v) is 3.04. The van der Waals surface area contributed by atoms with E-state index in [4.69, 9.17) is 5.73 Å². The number of hydrogen-bond donors (Lipinski definition) is 2. The molecular weight excluding hydrogens is 229 g/mol. The van der Waals surface area contributed by atoms with E-state index in [1.807, 2.05) is 0 Å². The first kappa shape index (κ1) is 13.5. The first-order valence-corrected chi connectivity index (χ1v) is 6.73. The van der Waals surface area contributed by atoms with Gasteiger partial charge < -0.3 is 10.8 Å². The van der Waals surface area contributed by atoms with Crippen LogP contribution in [0, 0.1) is 18.2 Å². The number of nitrogens with two attached hydrogens (primary N) is 1. The molecule has 0 amide bonds. The second kappa shape index (κ2) is 5.37. The van der Waals surface area contributed by atoms with Gasteiger partial charge >= 0.3 is 0 Å². The van der Waals surface area contributed by atoms with Gasteiger partial charge in [-0.25, -0.2) is 4.39 Å². The van der Waals surface area contributed by atoms with Gasteiger partial charge in [0.1, 0.15) is 5.82 Å². The number of aliphatic hydroxyl groups excluding tert-OH is 1. The van der Waals surface area contributed by atoms with Gasteiger partial charge in [0.05, 0.1) is 6.10 Å². The van der Waals surface area contributed by atoms with E-state index in [0.717, 1.165) is 31.2 Å². The molecule has 3 N–H and O–H groups in total. The van der Waals surface area contributed by atoms with Crippen LogP contribution in [0.3, 0.4) is 0 Å². The Morgan fingerprint density at radius 1 is 1.33 bits per heavy atom. The minimum atomic E-state index is -0.581. The van der Waals surface area contributed by atoms with Gasteiger partial charge in [-0.15, -0.1) is 0 Å². The number of rotatable bonds is 3. The third-order valence-corrected chi connectivity index (χ3v) is 4.33. The van der Waals surface area contributed by atoms with Crippen molar-refractivity contribution in [1.29, 1.82) is 0 Å². The Bertz CT molecular complexity index is 413. The molecule has 1 fully saturated rings. The lowest BCUT2D eigenvalue weighted by Gasteiger charge is -2.40. The third kappa shape index (κ3) is 2.43. The molecule has 100 valence electrons. The van der Waals surface area contributed by atoms with Crippen LogP contribution in [0.5, 0.6) is 0 Å². The van der Waals surface area contributed by atoms with Crippen molar-refractivity contribution in [3.63, 3.8) is 0 Å². The minimum absolute atomic E-state index is 0.220. The average Bonchev–Trinajstić information content (AvgIpc) is 2.42. The minimum Gasteiger partial charge on any atom is -0.388 e. The summed E-state index contributed by atoms with van der Waals surface area (Å²) in [5, 5.41) is 10.6.